The van der Waals surface area contributed by atoms with E-state index >= 15 is 0 Å². The van der Waals surface area contributed by atoms with Crippen LogP contribution in [0.25, 0.3) is 0 Å². The fraction of sp³-hybridized carbons (Fsp3) is 0.333. The summed E-state index contributed by atoms with van der Waals surface area (Å²) in [6.07, 6.45) is -5.63. The number of aryl methyl sites for hydroxylation is 1. The molecular weight excluding hydrogens is 239 g/mol. The molecule has 84 valence electrons. The summed E-state index contributed by atoms with van der Waals surface area (Å²) in [6, 6.07) is 3.11. The van der Waals surface area contributed by atoms with Crippen LogP contribution < -0.4 is 0 Å². The molecule has 0 saturated carbocycles. The molecule has 0 spiro atoms. The van der Waals surface area contributed by atoms with Crippen LogP contribution >= 0.6 is 11.6 Å². The molecular formula is C9H6ClF5. The maximum Gasteiger partial charge on any atom is 0.458 e. The third-order valence-corrected chi connectivity index (χ3v) is 2.15. The first-order valence-corrected chi connectivity index (χ1v) is 4.25. The Morgan fingerprint density at radius 3 is 2.07 bits per heavy atom. The molecule has 0 amide bonds. The van der Waals surface area contributed by atoms with E-state index in [1.165, 1.54) is 13.0 Å². The van der Waals surface area contributed by atoms with Gasteiger partial charge in [-0.3, -0.25) is 0 Å². The van der Waals surface area contributed by atoms with E-state index in [1.54, 1.807) is 0 Å². The van der Waals surface area contributed by atoms with E-state index in [-0.39, 0.29) is 0 Å². The molecule has 0 radical (unpaired) electrons. The second-order valence-corrected chi connectivity index (χ2v) is 3.46. The number of benzene rings is 1. The first-order valence-electron chi connectivity index (χ1n) is 3.87. The Morgan fingerprint density at radius 2 is 1.60 bits per heavy atom. The number of rotatable bonds is 1. The van der Waals surface area contributed by atoms with E-state index in [0.29, 0.717) is 5.56 Å². The highest BCUT2D eigenvalue weighted by Gasteiger charge is 2.59. The van der Waals surface area contributed by atoms with E-state index in [2.05, 4.69) is 0 Å². The Morgan fingerprint density at radius 1 is 1.07 bits per heavy atom. The van der Waals surface area contributed by atoms with Crippen molar-refractivity contribution >= 4 is 11.6 Å². The lowest BCUT2D eigenvalue weighted by atomic mass is 10.1. The van der Waals surface area contributed by atoms with Crippen molar-refractivity contribution in [1.82, 2.24) is 0 Å². The Hall–Kier alpha value is -0.840. The first-order chi connectivity index (χ1) is 6.66. The lowest BCUT2D eigenvalue weighted by Crippen LogP contribution is -2.34. The summed E-state index contributed by atoms with van der Waals surface area (Å²) in [6.45, 7) is 1.41. The van der Waals surface area contributed by atoms with E-state index < -0.39 is 22.7 Å². The number of halogens is 6. The van der Waals surface area contributed by atoms with Crippen molar-refractivity contribution < 1.29 is 22.0 Å². The van der Waals surface area contributed by atoms with Crippen LogP contribution in [-0.4, -0.2) is 6.18 Å². The van der Waals surface area contributed by atoms with Crippen molar-refractivity contribution in [1.29, 1.82) is 0 Å². The monoisotopic (exact) mass is 244 g/mol. The molecule has 0 N–H and O–H groups in total. The predicted molar refractivity (Wildman–Crippen MR) is 46.1 cm³/mol. The molecule has 0 nitrogen and oxygen atoms in total. The topological polar surface area (TPSA) is 0 Å². The Balaban J connectivity index is 3.32. The Labute approximate surface area is 87.7 Å². The Bertz CT molecular complexity index is 369. The van der Waals surface area contributed by atoms with Gasteiger partial charge >= 0.3 is 12.1 Å². The molecule has 0 bridgehead atoms. The maximum absolute atomic E-state index is 12.9. The van der Waals surface area contributed by atoms with Crippen LogP contribution in [0.3, 0.4) is 0 Å². The average Bonchev–Trinajstić information content (AvgIpc) is 2.07. The predicted octanol–water partition coefficient (Wildman–Crippen LogP) is 4.30. The molecule has 1 aromatic carbocycles. The lowest BCUT2D eigenvalue weighted by molar-refractivity contribution is -0.289. The number of alkyl halides is 5. The molecule has 0 fully saturated rings. The van der Waals surface area contributed by atoms with Gasteiger partial charge in [-0.25, -0.2) is 0 Å². The van der Waals surface area contributed by atoms with Gasteiger partial charge in [0.15, 0.2) is 0 Å². The summed E-state index contributed by atoms with van der Waals surface area (Å²) in [5.41, 5.74) is -0.921. The van der Waals surface area contributed by atoms with Gasteiger partial charge in [0, 0.05) is 5.56 Å². The zero-order valence-corrected chi connectivity index (χ0v) is 8.26. The van der Waals surface area contributed by atoms with Gasteiger partial charge in [0.2, 0.25) is 0 Å². The summed E-state index contributed by atoms with van der Waals surface area (Å²) in [5, 5.41) is -0.595. The molecule has 1 aromatic rings. The molecule has 0 saturated heterocycles. The standard InChI is InChI=1S/C9H6ClF5/c1-5-2-3-7(10)6(4-5)8(11,12)9(13,14)15/h2-4H,1H3. The molecule has 0 aromatic heterocycles. The molecule has 0 aliphatic heterocycles. The molecule has 6 heteroatoms. The molecule has 0 aliphatic rings. The number of hydrogen-bond acceptors (Lipinski definition) is 0. The van der Waals surface area contributed by atoms with Gasteiger partial charge in [-0.2, -0.15) is 22.0 Å². The second-order valence-electron chi connectivity index (χ2n) is 3.06. The average molecular weight is 245 g/mol. The summed E-state index contributed by atoms with van der Waals surface area (Å²) in [4.78, 5) is 0. The molecule has 0 unspecified atom stereocenters. The largest absolute Gasteiger partial charge is 0.458 e. The molecule has 0 heterocycles. The lowest BCUT2D eigenvalue weighted by Gasteiger charge is -2.21. The van der Waals surface area contributed by atoms with Crippen molar-refractivity contribution in [2.75, 3.05) is 0 Å². The van der Waals surface area contributed by atoms with Gasteiger partial charge in [-0.05, 0) is 19.1 Å². The Kier molecular flexibility index (Phi) is 2.96. The highest BCUT2D eigenvalue weighted by Crippen LogP contribution is 2.46. The minimum absolute atomic E-state index is 0.290. The van der Waals surface area contributed by atoms with Crippen molar-refractivity contribution in [3.8, 4) is 0 Å². The third kappa shape index (κ3) is 2.22. The molecule has 1 rings (SSSR count). The van der Waals surface area contributed by atoms with Crippen molar-refractivity contribution in [3.05, 3.63) is 34.3 Å². The van der Waals surface area contributed by atoms with Gasteiger partial charge in [0.05, 0.1) is 5.02 Å². The second kappa shape index (κ2) is 3.63. The van der Waals surface area contributed by atoms with Gasteiger partial charge < -0.3 is 0 Å². The zero-order chi connectivity index (χ0) is 11.9. The molecule has 15 heavy (non-hydrogen) atoms. The van der Waals surface area contributed by atoms with Gasteiger partial charge in [-0.1, -0.05) is 23.2 Å². The van der Waals surface area contributed by atoms with E-state index in [0.717, 1.165) is 12.1 Å². The van der Waals surface area contributed by atoms with Crippen LogP contribution in [0, 0.1) is 6.92 Å². The SMILES string of the molecule is Cc1ccc(Cl)c(C(F)(F)C(F)(F)F)c1. The minimum atomic E-state index is -5.63. The quantitative estimate of drug-likeness (QED) is 0.646. The van der Waals surface area contributed by atoms with Crippen LogP contribution in [0.15, 0.2) is 18.2 Å². The smallest absolute Gasteiger partial charge is 0.191 e. The zero-order valence-electron chi connectivity index (χ0n) is 7.50. The minimum Gasteiger partial charge on any atom is -0.191 e. The van der Waals surface area contributed by atoms with Crippen molar-refractivity contribution in [3.63, 3.8) is 0 Å². The molecule has 0 atom stereocenters. The van der Waals surface area contributed by atoms with E-state index in [4.69, 9.17) is 11.6 Å². The van der Waals surface area contributed by atoms with Gasteiger partial charge in [0.25, 0.3) is 0 Å². The van der Waals surface area contributed by atoms with Gasteiger partial charge in [-0.15, -0.1) is 0 Å². The fourth-order valence-corrected chi connectivity index (χ4v) is 1.27. The normalized spacial score (nSPS) is 13.0. The highest BCUT2D eigenvalue weighted by atomic mass is 35.5. The summed E-state index contributed by atoms with van der Waals surface area (Å²) in [5.74, 6) is -4.92. The van der Waals surface area contributed by atoms with Crippen LogP contribution in [0.4, 0.5) is 22.0 Å². The van der Waals surface area contributed by atoms with E-state index in [1.807, 2.05) is 0 Å². The highest BCUT2D eigenvalue weighted by molar-refractivity contribution is 6.31. The van der Waals surface area contributed by atoms with Crippen molar-refractivity contribution in [2.24, 2.45) is 0 Å². The first kappa shape index (κ1) is 12.2. The third-order valence-electron chi connectivity index (χ3n) is 1.82. The van der Waals surface area contributed by atoms with E-state index in [9.17, 15) is 22.0 Å². The number of hydrogen-bond donors (Lipinski definition) is 0. The fourth-order valence-electron chi connectivity index (χ4n) is 1.03. The van der Waals surface area contributed by atoms with Crippen LogP contribution in [0.1, 0.15) is 11.1 Å². The van der Waals surface area contributed by atoms with Gasteiger partial charge in [0.1, 0.15) is 0 Å². The van der Waals surface area contributed by atoms with Crippen LogP contribution in [0.5, 0.6) is 0 Å². The van der Waals surface area contributed by atoms with Crippen LogP contribution in [-0.2, 0) is 5.92 Å². The van der Waals surface area contributed by atoms with Crippen LogP contribution in [0.2, 0.25) is 5.02 Å². The summed E-state index contributed by atoms with van der Waals surface area (Å²) < 4.78 is 61.9. The summed E-state index contributed by atoms with van der Waals surface area (Å²) in [7, 11) is 0. The van der Waals surface area contributed by atoms with Crippen molar-refractivity contribution in [2.45, 2.75) is 19.0 Å². The summed E-state index contributed by atoms with van der Waals surface area (Å²) >= 11 is 5.31. The molecule has 0 aliphatic carbocycles. The maximum atomic E-state index is 12.9.